The second-order valence-corrected chi connectivity index (χ2v) is 7.37. The average Bonchev–Trinajstić information content (AvgIpc) is 3.07. The zero-order valence-electron chi connectivity index (χ0n) is 16.0. The van der Waals surface area contributed by atoms with Gasteiger partial charge < -0.3 is 20.1 Å². The monoisotopic (exact) mass is 450 g/mol. The molecule has 0 saturated carbocycles. The van der Waals surface area contributed by atoms with E-state index in [9.17, 15) is 4.79 Å². The summed E-state index contributed by atoms with van der Waals surface area (Å²) in [6.45, 7) is 0. The Bertz CT molecular complexity index is 1090. The molecule has 146 valence electrons. The SMILES string of the molecule is COc1cc2c(cc1OC)C(=C(Nc1ccc(Br)cc1)c1ccccc1)C(=O)N2. The molecule has 0 aromatic heterocycles. The second-order valence-electron chi connectivity index (χ2n) is 6.45. The van der Waals surface area contributed by atoms with E-state index in [0.29, 0.717) is 22.8 Å². The lowest BCUT2D eigenvalue weighted by atomic mass is 9.99. The number of halogens is 1. The number of carbonyl (C=O) groups excluding carboxylic acids is 1. The summed E-state index contributed by atoms with van der Waals surface area (Å²) >= 11 is 3.45. The first-order chi connectivity index (χ1) is 14.1. The van der Waals surface area contributed by atoms with Crippen LogP contribution in [-0.4, -0.2) is 20.1 Å². The number of methoxy groups -OCH3 is 2. The zero-order valence-corrected chi connectivity index (χ0v) is 17.5. The van der Waals surface area contributed by atoms with E-state index in [2.05, 4.69) is 26.6 Å². The average molecular weight is 451 g/mol. The Balaban J connectivity index is 1.91. The van der Waals surface area contributed by atoms with E-state index < -0.39 is 0 Å². The van der Waals surface area contributed by atoms with E-state index in [1.54, 1.807) is 20.3 Å². The summed E-state index contributed by atoms with van der Waals surface area (Å²) in [5.41, 5.74) is 4.50. The van der Waals surface area contributed by atoms with Gasteiger partial charge in [0.05, 0.1) is 31.2 Å². The molecule has 0 saturated heterocycles. The van der Waals surface area contributed by atoms with Crippen LogP contribution in [-0.2, 0) is 4.79 Å². The molecule has 0 atom stereocenters. The van der Waals surface area contributed by atoms with E-state index in [4.69, 9.17) is 9.47 Å². The Kier molecular flexibility index (Phi) is 5.27. The van der Waals surface area contributed by atoms with Crippen molar-refractivity contribution in [2.24, 2.45) is 0 Å². The molecule has 2 N–H and O–H groups in total. The molecule has 5 nitrogen and oxygen atoms in total. The first-order valence-corrected chi connectivity index (χ1v) is 9.80. The van der Waals surface area contributed by atoms with Gasteiger partial charge in [-0.25, -0.2) is 0 Å². The van der Waals surface area contributed by atoms with Crippen LogP contribution in [0, 0.1) is 0 Å². The van der Waals surface area contributed by atoms with Crippen LogP contribution in [0.25, 0.3) is 11.3 Å². The first kappa shape index (κ1) is 19.1. The van der Waals surface area contributed by atoms with Crippen LogP contribution in [0.3, 0.4) is 0 Å². The molecule has 6 heteroatoms. The fraction of sp³-hybridized carbons (Fsp3) is 0.0870. The minimum absolute atomic E-state index is 0.182. The summed E-state index contributed by atoms with van der Waals surface area (Å²) in [5.74, 6) is 0.949. The third kappa shape index (κ3) is 3.71. The number of amides is 1. The molecular weight excluding hydrogens is 432 g/mol. The molecule has 0 unspecified atom stereocenters. The number of rotatable bonds is 5. The number of fused-ring (bicyclic) bond motifs is 1. The maximum atomic E-state index is 13.0. The summed E-state index contributed by atoms with van der Waals surface area (Å²) in [7, 11) is 3.15. The standard InChI is InChI=1S/C23H19BrN2O3/c1-28-19-12-17-18(13-20(19)29-2)26-23(27)21(17)22(14-6-4-3-5-7-14)25-16-10-8-15(24)9-11-16/h3-13,25H,1-2H3,(H,26,27). The molecule has 1 aliphatic heterocycles. The molecule has 0 bridgehead atoms. The number of nitrogens with one attached hydrogen (secondary N) is 2. The summed E-state index contributed by atoms with van der Waals surface area (Å²) in [6, 6.07) is 21.2. The van der Waals surface area contributed by atoms with Crippen LogP contribution in [0.1, 0.15) is 11.1 Å². The normalized spacial score (nSPS) is 14.1. The van der Waals surface area contributed by atoms with E-state index in [1.165, 1.54) is 0 Å². The summed E-state index contributed by atoms with van der Waals surface area (Å²) in [6.07, 6.45) is 0. The quantitative estimate of drug-likeness (QED) is 0.510. The van der Waals surface area contributed by atoms with E-state index in [0.717, 1.165) is 27.0 Å². The van der Waals surface area contributed by atoms with Gasteiger partial charge in [0.2, 0.25) is 0 Å². The number of carbonyl (C=O) groups is 1. The molecule has 1 aliphatic rings. The Labute approximate surface area is 177 Å². The predicted octanol–water partition coefficient (Wildman–Crippen LogP) is 5.40. The van der Waals surface area contributed by atoms with E-state index in [-0.39, 0.29) is 5.91 Å². The first-order valence-electron chi connectivity index (χ1n) is 9.00. The highest BCUT2D eigenvalue weighted by Crippen LogP contribution is 2.43. The van der Waals surface area contributed by atoms with Gasteiger partial charge in [0.1, 0.15) is 0 Å². The van der Waals surface area contributed by atoms with Gasteiger partial charge in [0.25, 0.3) is 5.91 Å². The molecule has 0 aliphatic carbocycles. The third-order valence-corrected chi connectivity index (χ3v) is 5.22. The van der Waals surface area contributed by atoms with Crippen LogP contribution >= 0.6 is 15.9 Å². The highest BCUT2D eigenvalue weighted by Gasteiger charge is 2.30. The largest absolute Gasteiger partial charge is 0.493 e. The number of anilines is 2. The highest BCUT2D eigenvalue weighted by atomic mass is 79.9. The summed E-state index contributed by atoms with van der Waals surface area (Å²) in [4.78, 5) is 13.0. The van der Waals surface area contributed by atoms with Gasteiger partial charge in [-0.1, -0.05) is 46.3 Å². The van der Waals surface area contributed by atoms with E-state index >= 15 is 0 Å². The molecule has 0 spiro atoms. The van der Waals surface area contributed by atoms with Gasteiger partial charge in [0.15, 0.2) is 11.5 Å². The summed E-state index contributed by atoms with van der Waals surface area (Å²) in [5, 5.41) is 6.37. The maximum Gasteiger partial charge on any atom is 0.258 e. The van der Waals surface area contributed by atoms with Crippen LogP contribution in [0.4, 0.5) is 11.4 Å². The fourth-order valence-electron chi connectivity index (χ4n) is 3.31. The van der Waals surface area contributed by atoms with Crippen molar-refractivity contribution < 1.29 is 14.3 Å². The van der Waals surface area contributed by atoms with Crippen LogP contribution in [0.2, 0.25) is 0 Å². The van der Waals surface area contributed by atoms with Crippen molar-refractivity contribution in [3.8, 4) is 11.5 Å². The van der Waals surface area contributed by atoms with Gasteiger partial charge in [-0.15, -0.1) is 0 Å². The molecule has 0 fully saturated rings. The lowest BCUT2D eigenvalue weighted by Gasteiger charge is -2.15. The van der Waals surface area contributed by atoms with Crippen molar-refractivity contribution in [3.05, 3.63) is 82.3 Å². The van der Waals surface area contributed by atoms with Gasteiger partial charge in [-0.05, 0) is 35.9 Å². The smallest absolute Gasteiger partial charge is 0.258 e. The van der Waals surface area contributed by atoms with Crippen molar-refractivity contribution in [3.63, 3.8) is 0 Å². The van der Waals surface area contributed by atoms with Crippen LogP contribution in [0.5, 0.6) is 11.5 Å². The van der Waals surface area contributed by atoms with Crippen molar-refractivity contribution in [1.82, 2.24) is 0 Å². The Morgan fingerprint density at radius 3 is 2.24 bits per heavy atom. The molecule has 29 heavy (non-hydrogen) atoms. The zero-order chi connectivity index (χ0) is 20.4. The molecule has 3 aromatic rings. The Hall–Kier alpha value is -3.25. The van der Waals surface area contributed by atoms with Crippen LogP contribution in [0.15, 0.2) is 71.2 Å². The highest BCUT2D eigenvalue weighted by molar-refractivity contribution is 9.10. The van der Waals surface area contributed by atoms with Gasteiger partial charge >= 0.3 is 0 Å². The van der Waals surface area contributed by atoms with E-state index in [1.807, 2.05) is 60.7 Å². The van der Waals surface area contributed by atoms with Crippen molar-refractivity contribution >= 4 is 44.5 Å². The minimum Gasteiger partial charge on any atom is -0.493 e. The Morgan fingerprint density at radius 1 is 0.931 bits per heavy atom. The molecular formula is C23H19BrN2O3. The van der Waals surface area contributed by atoms with Crippen molar-refractivity contribution in [2.45, 2.75) is 0 Å². The predicted molar refractivity (Wildman–Crippen MR) is 119 cm³/mol. The summed E-state index contributed by atoms with van der Waals surface area (Å²) < 4.78 is 11.8. The van der Waals surface area contributed by atoms with Crippen molar-refractivity contribution in [2.75, 3.05) is 24.9 Å². The molecule has 4 rings (SSSR count). The third-order valence-electron chi connectivity index (χ3n) is 4.69. The molecule has 0 radical (unpaired) electrons. The minimum atomic E-state index is -0.182. The molecule has 3 aromatic carbocycles. The fourth-order valence-corrected chi connectivity index (χ4v) is 3.57. The number of hydrogen-bond donors (Lipinski definition) is 2. The molecule has 1 amide bonds. The lowest BCUT2D eigenvalue weighted by molar-refractivity contribution is -0.110. The topological polar surface area (TPSA) is 59.6 Å². The Morgan fingerprint density at radius 2 is 1.59 bits per heavy atom. The lowest BCUT2D eigenvalue weighted by Crippen LogP contribution is -2.10. The maximum absolute atomic E-state index is 13.0. The van der Waals surface area contributed by atoms with Crippen LogP contribution < -0.4 is 20.1 Å². The number of hydrogen-bond acceptors (Lipinski definition) is 4. The second kappa shape index (κ2) is 8.01. The van der Waals surface area contributed by atoms with Crippen molar-refractivity contribution in [1.29, 1.82) is 0 Å². The molecule has 1 heterocycles. The van der Waals surface area contributed by atoms with Gasteiger partial charge in [0, 0.05) is 21.8 Å². The van der Waals surface area contributed by atoms with Gasteiger partial charge in [-0.2, -0.15) is 0 Å². The number of ether oxygens (including phenoxy) is 2. The van der Waals surface area contributed by atoms with Gasteiger partial charge in [-0.3, -0.25) is 4.79 Å². The number of benzene rings is 3.